The number of aryl methyl sites for hydroxylation is 1. The van der Waals surface area contributed by atoms with E-state index in [1.165, 1.54) is 18.7 Å². The first-order valence-corrected chi connectivity index (χ1v) is 14.4. The zero-order valence-electron chi connectivity index (χ0n) is 24.8. The molecule has 1 aromatic heterocycles. The fourth-order valence-corrected chi connectivity index (χ4v) is 4.87. The van der Waals surface area contributed by atoms with E-state index in [2.05, 4.69) is 20.9 Å². The minimum Gasteiger partial charge on any atom is -0.396 e. The van der Waals surface area contributed by atoms with E-state index in [4.69, 9.17) is 5.11 Å². The Kier molecular flexibility index (Phi) is 10.3. The van der Waals surface area contributed by atoms with Crippen molar-refractivity contribution in [3.8, 4) is 0 Å². The molecule has 1 aliphatic heterocycles. The highest BCUT2D eigenvalue weighted by Gasteiger charge is 2.52. The number of carbonyl (C=O) groups excluding carboxylic acids is 3. The largest absolute Gasteiger partial charge is 0.396 e. The Morgan fingerprint density at radius 3 is 2.27 bits per heavy atom. The number of aromatic nitrogens is 3. The Hall–Kier alpha value is -4.43. The van der Waals surface area contributed by atoms with Crippen molar-refractivity contribution >= 4 is 34.8 Å². The van der Waals surface area contributed by atoms with Crippen LogP contribution in [0.25, 0.3) is 0 Å². The normalized spacial score (nSPS) is 18.2. The summed E-state index contributed by atoms with van der Waals surface area (Å²) in [5.41, 5.74) is 1.05. The van der Waals surface area contributed by atoms with Gasteiger partial charge in [0, 0.05) is 48.6 Å². The zero-order valence-corrected chi connectivity index (χ0v) is 24.8. The Morgan fingerprint density at radius 2 is 1.64 bits per heavy atom. The summed E-state index contributed by atoms with van der Waals surface area (Å²) in [4.78, 5) is 39.4. The van der Waals surface area contributed by atoms with Crippen LogP contribution < -0.4 is 15.5 Å². The molecule has 2 heterocycles. The lowest BCUT2D eigenvalue weighted by atomic mass is 9.82. The summed E-state index contributed by atoms with van der Waals surface area (Å²) < 4.78 is 1.66. The van der Waals surface area contributed by atoms with Gasteiger partial charge in [-0.2, -0.15) is 0 Å². The predicted molar refractivity (Wildman–Crippen MR) is 162 cm³/mol. The van der Waals surface area contributed by atoms with Crippen LogP contribution in [0.3, 0.4) is 0 Å². The molecule has 2 aromatic carbocycles. The molecule has 0 saturated heterocycles. The number of hydrogen-bond donors (Lipinski definition) is 6. The number of fused-ring (bicyclic) bond motifs is 1. The Morgan fingerprint density at radius 1 is 1.00 bits per heavy atom. The second-order valence-corrected chi connectivity index (χ2v) is 10.9. The van der Waals surface area contributed by atoms with Crippen LogP contribution in [-0.2, 0) is 39.5 Å². The van der Waals surface area contributed by atoms with Crippen LogP contribution in [0.4, 0.5) is 17.1 Å². The van der Waals surface area contributed by atoms with E-state index in [-0.39, 0.29) is 13.2 Å². The molecular formula is C31H38N6O7. The number of allylic oxidation sites excluding steroid dienone is 1. The van der Waals surface area contributed by atoms with Crippen molar-refractivity contribution in [3.63, 3.8) is 0 Å². The summed E-state index contributed by atoms with van der Waals surface area (Å²) in [7, 11) is 0. The minimum absolute atomic E-state index is 0.0148. The van der Waals surface area contributed by atoms with Gasteiger partial charge in [-0.15, -0.1) is 5.10 Å². The van der Waals surface area contributed by atoms with Gasteiger partial charge in [-0.05, 0) is 56.2 Å². The number of anilines is 3. The standard InChI is InChI=1S/C31H38N6O7/c1-19(6-4-5-14-36-18-25(13-15-38)34-35-36)31(44)26-16-24(33-29(42)21(3)40)11-12-27(26)37(30(31)43)17-22-7-9-23(10-8-22)32-28(41)20(2)39/h4,6-12,16,18-21,38-40,44H,5,13-15,17H2,1-3H3,(H,32,41)(H,33,42)/b6-4+/t19-,20-,21-,31+/m0/s1. The molecule has 44 heavy (non-hydrogen) atoms. The molecule has 4 atom stereocenters. The highest BCUT2D eigenvalue weighted by atomic mass is 16.3. The average Bonchev–Trinajstić information content (AvgIpc) is 3.52. The predicted octanol–water partition coefficient (Wildman–Crippen LogP) is 1.47. The molecule has 0 spiro atoms. The van der Waals surface area contributed by atoms with Crippen molar-refractivity contribution in [1.82, 2.24) is 15.0 Å². The Balaban J connectivity index is 1.57. The van der Waals surface area contributed by atoms with Crippen LogP contribution in [0.1, 0.15) is 44.0 Å². The molecule has 0 unspecified atom stereocenters. The fraction of sp³-hybridized carbons (Fsp3) is 0.387. The molecule has 13 nitrogen and oxygen atoms in total. The minimum atomic E-state index is -1.95. The molecule has 6 N–H and O–H groups in total. The lowest BCUT2D eigenvalue weighted by Crippen LogP contribution is -2.44. The summed E-state index contributed by atoms with van der Waals surface area (Å²) >= 11 is 0. The number of carbonyl (C=O) groups is 3. The molecule has 3 amide bonds. The number of aliphatic hydroxyl groups is 4. The molecule has 1 aliphatic rings. The van der Waals surface area contributed by atoms with Gasteiger partial charge in [0.25, 0.3) is 17.7 Å². The van der Waals surface area contributed by atoms with Gasteiger partial charge in [-0.1, -0.05) is 36.4 Å². The van der Waals surface area contributed by atoms with Crippen molar-refractivity contribution in [3.05, 3.63) is 77.6 Å². The second-order valence-electron chi connectivity index (χ2n) is 10.9. The van der Waals surface area contributed by atoms with E-state index in [1.807, 2.05) is 6.08 Å². The first-order chi connectivity index (χ1) is 20.9. The van der Waals surface area contributed by atoms with Crippen LogP contribution in [-0.4, -0.2) is 72.0 Å². The van der Waals surface area contributed by atoms with Crippen LogP contribution in [0.2, 0.25) is 0 Å². The highest BCUT2D eigenvalue weighted by Crippen LogP contribution is 2.47. The number of nitrogens with zero attached hydrogens (tertiary/aromatic N) is 4. The lowest BCUT2D eigenvalue weighted by molar-refractivity contribution is -0.139. The number of nitrogens with one attached hydrogen (secondary N) is 2. The van der Waals surface area contributed by atoms with E-state index in [1.54, 1.807) is 66.3 Å². The number of amides is 3. The summed E-state index contributed by atoms with van der Waals surface area (Å²) in [6.07, 6.45) is 3.93. The summed E-state index contributed by atoms with van der Waals surface area (Å²) in [5, 5.41) is 53.4. The first-order valence-electron chi connectivity index (χ1n) is 14.4. The van der Waals surface area contributed by atoms with Crippen molar-refractivity contribution in [2.24, 2.45) is 5.92 Å². The van der Waals surface area contributed by atoms with E-state index >= 15 is 0 Å². The molecule has 13 heteroatoms. The maximum absolute atomic E-state index is 14.0. The smallest absolute Gasteiger partial charge is 0.264 e. The van der Waals surface area contributed by atoms with E-state index in [0.29, 0.717) is 47.7 Å². The first kappa shape index (κ1) is 32.5. The van der Waals surface area contributed by atoms with Crippen LogP contribution in [0.5, 0.6) is 0 Å². The van der Waals surface area contributed by atoms with Crippen LogP contribution >= 0.6 is 0 Å². The third kappa shape index (κ3) is 7.19. The van der Waals surface area contributed by atoms with Crippen molar-refractivity contribution in [2.45, 2.75) is 64.5 Å². The number of rotatable bonds is 13. The zero-order chi connectivity index (χ0) is 32.0. The molecule has 0 bridgehead atoms. The Bertz CT molecular complexity index is 1520. The SMILES string of the molecule is C[C@H](O)C(=O)Nc1ccc(CN2C(=O)[C@@](O)([C@@H](C)/C=C/CCn3cc(CCO)nn3)c3cc(NC(=O)[C@H](C)O)ccc32)cc1. The maximum Gasteiger partial charge on any atom is 0.264 e. The number of benzene rings is 2. The van der Waals surface area contributed by atoms with E-state index in [9.17, 15) is 29.7 Å². The van der Waals surface area contributed by atoms with Crippen LogP contribution in [0, 0.1) is 5.92 Å². The third-order valence-corrected chi connectivity index (χ3v) is 7.42. The van der Waals surface area contributed by atoms with E-state index in [0.717, 1.165) is 5.56 Å². The highest BCUT2D eigenvalue weighted by molar-refractivity contribution is 6.08. The molecule has 234 valence electrons. The summed E-state index contributed by atoms with van der Waals surface area (Å²) in [6, 6.07) is 11.6. The number of aliphatic hydroxyl groups excluding tert-OH is 3. The average molecular weight is 607 g/mol. The molecule has 0 aliphatic carbocycles. The second kappa shape index (κ2) is 13.9. The maximum atomic E-state index is 14.0. The Labute approximate surface area is 254 Å². The van der Waals surface area contributed by atoms with Gasteiger partial charge in [0.1, 0.15) is 12.2 Å². The summed E-state index contributed by atoms with van der Waals surface area (Å²) in [5.74, 6) is -2.37. The van der Waals surface area contributed by atoms with Gasteiger partial charge >= 0.3 is 0 Å². The fourth-order valence-electron chi connectivity index (χ4n) is 4.87. The quantitative estimate of drug-likeness (QED) is 0.157. The number of hydrogen-bond acceptors (Lipinski definition) is 9. The van der Waals surface area contributed by atoms with Crippen molar-refractivity contribution < 1.29 is 34.8 Å². The van der Waals surface area contributed by atoms with Gasteiger partial charge < -0.3 is 36.0 Å². The summed E-state index contributed by atoms with van der Waals surface area (Å²) in [6.45, 7) is 5.06. The molecule has 0 radical (unpaired) electrons. The molecular weight excluding hydrogens is 568 g/mol. The van der Waals surface area contributed by atoms with Crippen LogP contribution in [0.15, 0.2) is 60.8 Å². The van der Waals surface area contributed by atoms with Gasteiger partial charge in [0.2, 0.25) is 0 Å². The molecule has 0 saturated carbocycles. The third-order valence-electron chi connectivity index (χ3n) is 7.42. The van der Waals surface area contributed by atoms with E-state index < -0.39 is 41.4 Å². The van der Waals surface area contributed by atoms with Gasteiger partial charge in [0.15, 0.2) is 5.60 Å². The topological polar surface area (TPSA) is 190 Å². The molecule has 4 rings (SSSR count). The monoisotopic (exact) mass is 606 g/mol. The van der Waals surface area contributed by atoms with Gasteiger partial charge in [0.05, 0.1) is 17.9 Å². The molecule has 3 aromatic rings. The van der Waals surface area contributed by atoms with Crippen molar-refractivity contribution in [1.29, 1.82) is 0 Å². The molecule has 0 fully saturated rings. The lowest BCUT2D eigenvalue weighted by Gasteiger charge is -2.28. The van der Waals surface area contributed by atoms with Crippen molar-refractivity contribution in [2.75, 3.05) is 22.1 Å². The van der Waals surface area contributed by atoms with Gasteiger partial charge in [-0.25, -0.2) is 0 Å². The van der Waals surface area contributed by atoms with Gasteiger partial charge in [-0.3, -0.25) is 19.1 Å².